The molecule has 1 rings (SSSR count). The summed E-state index contributed by atoms with van der Waals surface area (Å²) in [6, 6.07) is 4.86. The molecule has 0 aromatic heterocycles. The molecular weight excluding hydrogens is 206 g/mol. The number of hydrogen-bond acceptors (Lipinski definition) is 5. The van der Waals surface area contributed by atoms with Crippen molar-refractivity contribution in [2.45, 2.75) is 12.5 Å². The van der Waals surface area contributed by atoms with Crippen molar-refractivity contribution < 1.29 is 9.84 Å². The van der Waals surface area contributed by atoms with Gasteiger partial charge in [0.2, 0.25) is 0 Å². The smallest absolute Gasteiger partial charge is 0.162 e. The molecule has 16 heavy (non-hydrogen) atoms. The van der Waals surface area contributed by atoms with E-state index in [0.29, 0.717) is 11.3 Å². The molecule has 0 aliphatic heterocycles. The molecule has 5 N–H and O–H groups in total. The largest absolute Gasteiger partial charge is 0.504 e. The van der Waals surface area contributed by atoms with E-state index < -0.39 is 6.04 Å². The van der Waals surface area contributed by atoms with Crippen LogP contribution >= 0.6 is 0 Å². The molecule has 0 heterocycles. The second kappa shape index (κ2) is 5.35. The van der Waals surface area contributed by atoms with Crippen molar-refractivity contribution in [3.05, 3.63) is 23.3 Å². The summed E-state index contributed by atoms with van der Waals surface area (Å²) in [6.07, 6.45) is 0.237. The van der Waals surface area contributed by atoms with E-state index in [1.807, 2.05) is 6.07 Å². The summed E-state index contributed by atoms with van der Waals surface area (Å²) in [5, 5.41) is 18.5. The van der Waals surface area contributed by atoms with Crippen LogP contribution in [0.5, 0.6) is 11.5 Å². The molecule has 0 bridgehead atoms. The Bertz CT molecular complexity index is 412. The van der Waals surface area contributed by atoms with Crippen molar-refractivity contribution in [2.75, 3.05) is 13.7 Å². The zero-order chi connectivity index (χ0) is 12.1. The van der Waals surface area contributed by atoms with Gasteiger partial charge in [0, 0.05) is 18.2 Å². The van der Waals surface area contributed by atoms with Crippen molar-refractivity contribution in [1.29, 1.82) is 5.26 Å². The van der Waals surface area contributed by atoms with Gasteiger partial charge in [-0.05, 0) is 17.7 Å². The third-order valence-electron chi connectivity index (χ3n) is 2.32. The standard InChI is InChI=1S/C11H15N3O2/c1-16-10-5-7(2-3-12)4-8(11(10)15)9(14)6-13/h4-5,9,15H,2,6,13-14H2,1H3/t9-/m0/s1. The van der Waals surface area contributed by atoms with Gasteiger partial charge in [-0.25, -0.2) is 0 Å². The van der Waals surface area contributed by atoms with Crippen LogP contribution in [0.15, 0.2) is 12.1 Å². The van der Waals surface area contributed by atoms with Crippen LogP contribution in [0.25, 0.3) is 0 Å². The lowest BCUT2D eigenvalue weighted by molar-refractivity contribution is 0.368. The van der Waals surface area contributed by atoms with Gasteiger partial charge in [0.1, 0.15) is 0 Å². The minimum absolute atomic E-state index is 0.0119. The molecule has 0 aliphatic rings. The summed E-state index contributed by atoms with van der Waals surface area (Å²) < 4.78 is 5.01. The predicted molar refractivity (Wildman–Crippen MR) is 60.0 cm³/mol. The maximum atomic E-state index is 9.84. The van der Waals surface area contributed by atoms with E-state index >= 15 is 0 Å². The van der Waals surface area contributed by atoms with Crippen molar-refractivity contribution in [2.24, 2.45) is 11.5 Å². The number of hydrogen-bond donors (Lipinski definition) is 3. The SMILES string of the molecule is COc1cc(CC#N)cc([C@@H](N)CN)c1O. The molecule has 0 saturated heterocycles. The molecule has 0 fully saturated rings. The van der Waals surface area contributed by atoms with Gasteiger partial charge in [-0.15, -0.1) is 0 Å². The fraction of sp³-hybridized carbons (Fsp3) is 0.364. The Morgan fingerprint density at radius 2 is 2.25 bits per heavy atom. The molecule has 0 aliphatic carbocycles. The number of ether oxygens (including phenoxy) is 1. The van der Waals surface area contributed by atoms with Crippen LogP contribution in [0.3, 0.4) is 0 Å². The lowest BCUT2D eigenvalue weighted by atomic mass is 10.0. The number of methoxy groups -OCH3 is 1. The van der Waals surface area contributed by atoms with E-state index in [-0.39, 0.29) is 18.7 Å². The summed E-state index contributed by atoms with van der Waals surface area (Å²) in [4.78, 5) is 0. The number of nitrogens with two attached hydrogens (primary N) is 2. The van der Waals surface area contributed by atoms with Gasteiger partial charge in [-0.3, -0.25) is 0 Å². The van der Waals surface area contributed by atoms with Gasteiger partial charge in [-0.2, -0.15) is 5.26 Å². The molecule has 0 amide bonds. The van der Waals surface area contributed by atoms with Crippen LogP contribution < -0.4 is 16.2 Å². The van der Waals surface area contributed by atoms with Crippen LogP contribution in [-0.2, 0) is 6.42 Å². The van der Waals surface area contributed by atoms with Gasteiger partial charge < -0.3 is 21.3 Å². The number of aromatic hydroxyl groups is 1. The normalized spacial score (nSPS) is 11.9. The quantitative estimate of drug-likeness (QED) is 0.683. The average molecular weight is 221 g/mol. The van der Waals surface area contributed by atoms with Crippen molar-refractivity contribution in [3.63, 3.8) is 0 Å². The number of phenols is 1. The third kappa shape index (κ3) is 2.42. The van der Waals surface area contributed by atoms with Crippen LogP contribution in [0, 0.1) is 11.3 Å². The molecule has 1 aromatic carbocycles. The Kier molecular flexibility index (Phi) is 4.11. The predicted octanol–water partition coefficient (Wildman–Crippen LogP) is 0.425. The highest BCUT2D eigenvalue weighted by Crippen LogP contribution is 2.34. The maximum Gasteiger partial charge on any atom is 0.162 e. The lowest BCUT2D eigenvalue weighted by Crippen LogP contribution is -2.21. The molecule has 0 spiro atoms. The van der Waals surface area contributed by atoms with Gasteiger partial charge >= 0.3 is 0 Å². The zero-order valence-electron chi connectivity index (χ0n) is 9.10. The zero-order valence-corrected chi connectivity index (χ0v) is 9.10. The Morgan fingerprint density at radius 3 is 2.75 bits per heavy atom. The molecule has 5 heteroatoms. The van der Waals surface area contributed by atoms with E-state index in [1.165, 1.54) is 7.11 Å². The first-order chi connectivity index (χ1) is 7.63. The monoisotopic (exact) mass is 221 g/mol. The molecule has 1 atom stereocenters. The van der Waals surface area contributed by atoms with E-state index in [2.05, 4.69) is 0 Å². The molecule has 5 nitrogen and oxygen atoms in total. The first kappa shape index (κ1) is 12.3. The molecule has 1 aromatic rings. The Hall–Kier alpha value is -1.77. The van der Waals surface area contributed by atoms with Gasteiger partial charge in [0.15, 0.2) is 11.5 Å². The maximum absolute atomic E-state index is 9.84. The van der Waals surface area contributed by atoms with Gasteiger partial charge in [0.05, 0.1) is 19.6 Å². The second-order valence-electron chi connectivity index (χ2n) is 3.41. The van der Waals surface area contributed by atoms with Crippen molar-refractivity contribution in [1.82, 2.24) is 0 Å². The fourth-order valence-corrected chi connectivity index (χ4v) is 1.45. The molecule has 0 unspecified atom stereocenters. The highest BCUT2D eigenvalue weighted by Gasteiger charge is 2.15. The van der Waals surface area contributed by atoms with Crippen LogP contribution in [0.1, 0.15) is 17.2 Å². The first-order valence-corrected chi connectivity index (χ1v) is 4.86. The van der Waals surface area contributed by atoms with Crippen LogP contribution in [0.2, 0.25) is 0 Å². The second-order valence-corrected chi connectivity index (χ2v) is 3.41. The van der Waals surface area contributed by atoms with Gasteiger partial charge in [-0.1, -0.05) is 0 Å². The van der Waals surface area contributed by atoms with Crippen LogP contribution in [-0.4, -0.2) is 18.8 Å². The number of rotatable bonds is 4. The minimum Gasteiger partial charge on any atom is -0.504 e. The van der Waals surface area contributed by atoms with E-state index in [4.69, 9.17) is 21.5 Å². The summed E-state index contributed by atoms with van der Waals surface area (Å²) in [5.74, 6) is 0.300. The summed E-state index contributed by atoms with van der Waals surface area (Å²) in [6.45, 7) is 0.215. The van der Waals surface area contributed by atoms with Gasteiger partial charge in [0.25, 0.3) is 0 Å². The molecule has 86 valence electrons. The summed E-state index contributed by atoms with van der Waals surface area (Å²) >= 11 is 0. The fourth-order valence-electron chi connectivity index (χ4n) is 1.45. The topological polar surface area (TPSA) is 105 Å². The number of phenolic OH excluding ortho intramolecular Hbond substituents is 1. The van der Waals surface area contributed by atoms with Crippen molar-refractivity contribution >= 4 is 0 Å². The Morgan fingerprint density at radius 1 is 1.56 bits per heavy atom. The average Bonchev–Trinajstić information content (AvgIpc) is 2.30. The lowest BCUT2D eigenvalue weighted by Gasteiger charge is -2.15. The Labute approximate surface area is 94.2 Å². The number of benzene rings is 1. The van der Waals surface area contributed by atoms with Crippen LogP contribution in [0.4, 0.5) is 0 Å². The molecular formula is C11H15N3O2. The number of nitrogens with zero attached hydrogens (tertiary/aromatic N) is 1. The van der Waals surface area contributed by atoms with Crippen molar-refractivity contribution in [3.8, 4) is 17.6 Å². The van der Waals surface area contributed by atoms with E-state index in [0.717, 1.165) is 5.56 Å². The summed E-state index contributed by atoms with van der Waals surface area (Å²) in [5.41, 5.74) is 12.5. The minimum atomic E-state index is -0.465. The van der Waals surface area contributed by atoms with E-state index in [1.54, 1.807) is 12.1 Å². The highest BCUT2D eigenvalue weighted by molar-refractivity contribution is 5.50. The molecule has 0 radical (unpaired) electrons. The highest BCUT2D eigenvalue weighted by atomic mass is 16.5. The third-order valence-corrected chi connectivity index (χ3v) is 2.32. The first-order valence-electron chi connectivity index (χ1n) is 4.86. The van der Waals surface area contributed by atoms with E-state index in [9.17, 15) is 5.11 Å². The summed E-state index contributed by atoms with van der Waals surface area (Å²) in [7, 11) is 1.45. The molecule has 0 saturated carbocycles. The Balaban J connectivity index is 3.25. The number of nitriles is 1.